The largest absolute Gasteiger partial charge is 0.497 e. The lowest BCUT2D eigenvalue weighted by Crippen LogP contribution is -2.40. The third-order valence-electron chi connectivity index (χ3n) is 5.24. The molecule has 3 aromatic carbocycles. The maximum absolute atomic E-state index is 13.7. The molecule has 14 nitrogen and oxygen atoms in total. The summed E-state index contributed by atoms with van der Waals surface area (Å²) in [5.41, 5.74) is 7.10. The van der Waals surface area contributed by atoms with E-state index in [4.69, 9.17) is 19.9 Å². The molecule has 0 aliphatic heterocycles. The molecular formula is C25H25N5O9S. The Balaban J connectivity index is 1.89. The summed E-state index contributed by atoms with van der Waals surface area (Å²) in [4.78, 5) is 33.8. The molecule has 0 fully saturated rings. The second-order valence-corrected chi connectivity index (χ2v) is 9.72. The van der Waals surface area contributed by atoms with Gasteiger partial charge in [-0.25, -0.2) is 13.8 Å². The van der Waals surface area contributed by atoms with Crippen molar-refractivity contribution in [2.45, 2.75) is 4.90 Å². The number of hydrogen-bond acceptors (Lipinski definition) is 10. The summed E-state index contributed by atoms with van der Waals surface area (Å²) in [6.07, 6.45) is 1.30. The van der Waals surface area contributed by atoms with Gasteiger partial charge in [0.05, 0.1) is 31.0 Å². The van der Waals surface area contributed by atoms with Crippen molar-refractivity contribution in [3.8, 4) is 17.2 Å². The van der Waals surface area contributed by atoms with Gasteiger partial charge in [-0.2, -0.15) is 5.10 Å². The summed E-state index contributed by atoms with van der Waals surface area (Å²) in [6.45, 7) is -1.08. The summed E-state index contributed by atoms with van der Waals surface area (Å²) in [5.74, 6) is -0.694. The number of nitro groups is 1. The number of ether oxygens (including phenoxy) is 3. The minimum Gasteiger partial charge on any atom is -0.497 e. The number of hydrazone groups is 1. The molecule has 0 radical (unpaired) electrons. The Morgan fingerprint density at radius 3 is 2.35 bits per heavy atom. The van der Waals surface area contributed by atoms with Crippen LogP contribution in [0.2, 0.25) is 0 Å². The van der Waals surface area contributed by atoms with Crippen LogP contribution in [0.25, 0.3) is 0 Å². The normalized spacial score (nSPS) is 11.1. The number of methoxy groups -OCH3 is 2. The van der Waals surface area contributed by atoms with Crippen molar-refractivity contribution >= 4 is 39.4 Å². The molecule has 0 heterocycles. The minimum absolute atomic E-state index is 0.0384. The molecule has 3 aromatic rings. The van der Waals surface area contributed by atoms with Gasteiger partial charge in [-0.1, -0.05) is 12.1 Å². The van der Waals surface area contributed by atoms with Crippen molar-refractivity contribution in [2.24, 2.45) is 10.8 Å². The first-order valence-corrected chi connectivity index (χ1v) is 12.8. The molecule has 0 aliphatic rings. The molecule has 0 unspecified atom stereocenters. The number of nitrogens with two attached hydrogens (primary N) is 1. The average molecular weight is 572 g/mol. The molecule has 0 saturated heterocycles. The number of hydrogen-bond donors (Lipinski definition) is 2. The molecule has 0 spiro atoms. The van der Waals surface area contributed by atoms with Crippen LogP contribution in [0.15, 0.2) is 76.7 Å². The lowest BCUT2D eigenvalue weighted by molar-refractivity contribution is -0.387. The Morgan fingerprint density at radius 1 is 1.05 bits per heavy atom. The molecule has 0 saturated carbocycles. The van der Waals surface area contributed by atoms with Crippen LogP contribution in [0.3, 0.4) is 0 Å². The molecule has 0 aliphatic carbocycles. The number of rotatable bonds is 13. The molecule has 40 heavy (non-hydrogen) atoms. The van der Waals surface area contributed by atoms with E-state index in [1.807, 2.05) is 0 Å². The van der Waals surface area contributed by atoms with E-state index in [1.54, 1.807) is 24.3 Å². The number of nitrogens with one attached hydrogen (secondary N) is 1. The van der Waals surface area contributed by atoms with Crippen molar-refractivity contribution in [2.75, 3.05) is 31.7 Å². The topological polar surface area (TPSA) is 193 Å². The summed E-state index contributed by atoms with van der Waals surface area (Å²) >= 11 is 0. The molecule has 0 bridgehead atoms. The standard InChI is InChI=1S/C25H25N5O9S/c1-37-19-11-12-20(22(13-19)38-2)29(40(35,36)23-6-4-3-5-21(23)30(33)34)15-25(32)28-27-14-17-7-9-18(10-8-17)39-16-24(26)31/h3-14H,15-16H2,1-2H3,(H2,26,31)(H,28,32). The number of sulfonamides is 1. The summed E-state index contributed by atoms with van der Waals surface area (Å²) in [7, 11) is -1.96. The van der Waals surface area contributed by atoms with Crippen LogP contribution in [0.5, 0.6) is 17.2 Å². The van der Waals surface area contributed by atoms with Crippen molar-refractivity contribution in [1.82, 2.24) is 5.43 Å². The predicted molar refractivity (Wildman–Crippen MR) is 144 cm³/mol. The fourth-order valence-electron chi connectivity index (χ4n) is 3.38. The van der Waals surface area contributed by atoms with E-state index < -0.39 is 43.9 Å². The monoisotopic (exact) mass is 571 g/mol. The van der Waals surface area contributed by atoms with Crippen molar-refractivity contribution in [1.29, 1.82) is 0 Å². The highest BCUT2D eigenvalue weighted by atomic mass is 32.2. The Kier molecular flexibility index (Phi) is 9.59. The molecule has 0 atom stereocenters. The SMILES string of the molecule is COc1ccc(N(CC(=O)NN=Cc2ccc(OCC(N)=O)cc2)S(=O)(=O)c2ccccc2[N+](=O)[O-])c(OC)c1. The Hall–Kier alpha value is -5.18. The van der Waals surface area contributed by atoms with Crippen LogP contribution < -0.4 is 29.7 Å². The number of carbonyl (C=O) groups is 2. The first-order chi connectivity index (χ1) is 19.1. The second kappa shape index (κ2) is 13.1. The highest BCUT2D eigenvalue weighted by molar-refractivity contribution is 7.93. The summed E-state index contributed by atoms with van der Waals surface area (Å²) < 4.78 is 43.8. The van der Waals surface area contributed by atoms with Crippen LogP contribution >= 0.6 is 0 Å². The molecule has 3 rings (SSSR count). The molecule has 3 N–H and O–H groups in total. The maximum atomic E-state index is 13.7. The lowest BCUT2D eigenvalue weighted by atomic mass is 10.2. The van der Waals surface area contributed by atoms with E-state index in [-0.39, 0.29) is 18.0 Å². The van der Waals surface area contributed by atoms with E-state index in [0.717, 1.165) is 12.1 Å². The number of benzene rings is 3. The smallest absolute Gasteiger partial charge is 0.289 e. The number of para-hydroxylation sites is 1. The Morgan fingerprint density at radius 2 is 1.73 bits per heavy atom. The van der Waals surface area contributed by atoms with Gasteiger partial charge < -0.3 is 19.9 Å². The average Bonchev–Trinajstić information content (AvgIpc) is 2.95. The van der Waals surface area contributed by atoms with Crippen molar-refractivity contribution < 1.29 is 37.1 Å². The van der Waals surface area contributed by atoms with Gasteiger partial charge in [-0.3, -0.25) is 24.0 Å². The molecule has 2 amide bonds. The third kappa shape index (κ3) is 7.22. The molecular weight excluding hydrogens is 546 g/mol. The quantitative estimate of drug-likeness (QED) is 0.175. The third-order valence-corrected chi connectivity index (χ3v) is 7.04. The molecule has 0 aromatic heterocycles. The van der Waals surface area contributed by atoms with Gasteiger partial charge in [0.1, 0.15) is 23.8 Å². The van der Waals surface area contributed by atoms with E-state index in [0.29, 0.717) is 21.4 Å². The summed E-state index contributed by atoms with van der Waals surface area (Å²) in [6, 6.07) is 15.3. The van der Waals surface area contributed by atoms with Crippen LogP contribution in [0.1, 0.15) is 5.56 Å². The minimum atomic E-state index is -4.66. The first-order valence-electron chi connectivity index (χ1n) is 11.4. The zero-order chi connectivity index (χ0) is 29.3. The van der Waals surface area contributed by atoms with E-state index in [1.165, 1.54) is 50.8 Å². The number of carbonyl (C=O) groups excluding carboxylic acids is 2. The zero-order valence-electron chi connectivity index (χ0n) is 21.3. The predicted octanol–water partition coefficient (Wildman–Crippen LogP) is 1.82. The molecule has 210 valence electrons. The number of anilines is 1. The fourth-order valence-corrected chi connectivity index (χ4v) is 4.98. The van der Waals surface area contributed by atoms with Crippen LogP contribution in [-0.4, -0.2) is 58.7 Å². The first kappa shape index (κ1) is 29.4. The van der Waals surface area contributed by atoms with Crippen molar-refractivity contribution in [3.05, 3.63) is 82.4 Å². The van der Waals surface area contributed by atoms with Gasteiger partial charge in [0.15, 0.2) is 11.5 Å². The number of nitrogens with zero attached hydrogens (tertiary/aromatic N) is 3. The number of amides is 2. The summed E-state index contributed by atoms with van der Waals surface area (Å²) in [5, 5.41) is 15.4. The van der Waals surface area contributed by atoms with Gasteiger partial charge in [0.25, 0.3) is 27.5 Å². The van der Waals surface area contributed by atoms with Gasteiger partial charge in [-0.05, 0) is 48.0 Å². The van der Waals surface area contributed by atoms with Gasteiger partial charge >= 0.3 is 0 Å². The number of nitro benzene ring substituents is 1. The van der Waals surface area contributed by atoms with Crippen LogP contribution in [0, 0.1) is 10.1 Å². The van der Waals surface area contributed by atoms with Crippen molar-refractivity contribution in [3.63, 3.8) is 0 Å². The Bertz CT molecular complexity index is 1530. The van der Waals surface area contributed by atoms with E-state index in [2.05, 4.69) is 10.5 Å². The zero-order valence-corrected chi connectivity index (χ0v) is 22.2. The number of primary amides is 1. The van der Waals surface area contributed by atoms with Gasteiger partial charge in [-0.15, -0.1) is 0 Å². The van der Waals surface area contributed by atoms with Crippen LogP contribution in [-0.2, 0) is 19.6 Å². The fraction of sp³-hybridized carbons (Fsp3) is 0.160. The maximum Gasteiger partial charge on any atom is 0.289 e. The lowest BCUT2D eigenvalue weighted by Gasteiger charge is -2.25. The highest BCUT2D eigenvalue weighted by Gasteiger charge is 2.34. The van der Waals surface area contributed by atoms with Gasteiger partial charge in [0.2, 0.25) is 0 Å². The second-order valence-electron chi connectivity index (χ2n) is 7.89. The highest BCUT2D eigenvalue weighted by Crippen LogP contribution is 2.37. The van der Waals surface area contributed by atoms with E-state index in [9.17, 15) is 28.1 Å². The molecule has 15 heteroatoms. The Labute approximate surface area is 229 Å². The van der Waals surface area contributed by atoms with Gasteiger partial charge in [0, 0.05) is 12.1 Å². The van der Waals surface area contributed by atoms with E-state index >= 15 is 0 Å². The van der Waals surface area contributed by atoms with Crippen LogP contribution in [0.4, 0.5) is 11.4 Å².